The number of carbonyl (C=O) groups is 1. The maximum atomic E-state index is 13.3. The smallest absolute Gasteiger partial charge is 0.238 e. The van der Waals surface area contributed by atoms with Gasteiger partial charge >= 0.3 is 0 Å². The van der Waals surface area contributed by atoms with E-state index in [0.29, 0.717) is 39.3 Å². The van der Waals surface area contributed by atoms with Crippen molar-refractivity contribution in [2.75, 3.05) is 10.6 Å². The molecule has 0 saturated heterocycles. The molecule has 1 heterocycles. The first-order valence-corrected chi connectivity index (χ1v) is 11.1. The summed E-state index contributed by atoms with van der Waals surface area (Å²) in [6.45, 7) is 0.181. The van der Waals surface area contributed by atoms with Crippen LogP contribution in [0.15, 0.2) is 79.1 Å². The zero-order chi connectivity index (χ0) is 25.3. The van der Waals surface area contributed by atoms with Gasteiger partial charge < -0.3 is 20.1 Å². The Labute approximate surface area is 211 Å². The number of carbonyl (C=O) groups excluding carboxylic acids is 1. The van der Waals surface area contributed by atoms with E-state index in [1.807, 2.05) is 0 Å². The summed E-state index contributed by atoms with van der Waals surface area (Å²) in [5.41, 5.74) is 1.84. The van der Waals surface area contributed by atoms with Crippen LogP contribution in [0.4, 0.5) is 21.6 Å². The second-order valence-corrected chi connectivity index (χ2v) is 7.85. The van der Waals surface area contributed by atoms with Crippen molar-refractivity contribution in [1.29, 1.82) is 5.26 Å². The first kappa shape index (κ1) is 24.4. The average molecular weight is 504 g/mol. The number of nitriles is 1. The van der Waals surface area contributed by atoms with Crippen LogP contribution >= 0.6 is 11.6 Å². The fourth-order valence-electron chi connectivity index (χ4n) is 3.13. The molecule has 36 heavy (non-hydrogen) atoms. The van der Waals surface area contributed by atoms with Crippen LogP contribution in [0, 0.1) is 17.1 Å². The number of amides is 1. The molecular weight excluding hydrogens is 485 g/mol. The number of aromatic nitrogens is 2. The fraction of sp³-hybridized carbons (Fsp3) is 0.0769. The van der Waals surface area contributed by atoms with Gasteiger partial charge in [0.25, 0.3) is 0 Å². The molecule has 0 atom stereocenters. The zero-order valence-corrected chi connectivity index (χ0v) is 19.5. The molecule has 10 heteroatoms. The van der Waals surface area contributed by atoms with E-state index in [0.717, 1.165) is 0 Å². The van der Waals surface area contributed by atoms with Crippen LogP contribution in [-0.2, 0) is 11.4 Å². The lowest BCUT2D eigenvalue weighted by molar-refractivity contribution is -0.115. The molecular formula is C26H19ClFN5O3. The van der Waals surface area contributed by atoms with E-state index in [1.54, 1.807) is 66.7 Å². The summed E-state index contributed by atoms with van der Waals surface area (Å²) in [4.78, 5) is 19.9. The van der Waals surface area contributed by atoms with Crippen molar-refractivity contribution in [2.45, 2.75) is 13.0 Å². The Bertz CT molecular complexity index is 1430. The maximum absolute atomic E-state index is 13.3. The zero-order valence-electron chi connectivity index (χ0n) is 18.7. The van der Waals surface area contributed by atoms with Crippen molar-refractivity contribution in [1.82, 2.24) is 9.97 Å². The van der Waals surface area contributed by atoms with Gasteiger partial charge in [0.1, 0.15) is 42.5 Å². The lowest BCUT2D eigenvalue weighted by Crippen LogP contribution is -2.09. The Balaban J connectivity index is 1.39. The molecule has 180 valence electrons. The molecule has 0 radical (unpaired) electrons. The van der Waals surface area contributed by atoms with Crippen LogP contribution in [0.2, 0.25) is 5.02 Å². The largest absolute Gasteiger partial charge is 0.487 e. The molecule has 3 aromatic carbocycles. The predicted molar refractivity (Wildman–Crippen MR) is 133 cm³/mol. The van der Waals surface area contributed by atoms with E-state index < -0.39 is 5.91 Å². The highest BCUT2D eigenvalue weighted by atomic mass is 35.5. The molecule has 0 aliphatic heterocycles. The molecule has 2 N–H and O–H groups in total. The molecule has 0 saturated carbocycles. The van der Waals surface area contributed by atoms with Crippen molar-refractivity contribution in [3.05, 3.63) is 95.5 Å². The molecule has 1 amide bonds. The monoisotopic (exact) mass is 503 g/mol. The van der Waals surface area contributed by atoms with Gasteiger partial charge in [0.15, 0.2) is 0 Å². The van der Waals surface area contributed by atoms with Gasteiger partial charge in [-0.3, -0.25) is 4.79 Å². The molecule has 0 unspecified atom stereocenters. The summed E-state index contributed by atoms with van der Waals surface area (Å²) in [5.74, 6) is 0.895. The lowest BCUT2D eigenvalue weighted by Gasteiger charge is -2.12. The molecule has 4 aromatic rings. The minimum absolute atomic E-state index is 0.181. The Hall–Kier alpha value is -4.68. The quantitative estimate of drug-likeness (QED) is 0.278. The van der Waals surface area contributed by atoms with Crippen LogP contribution < -0.4 is 20.1 Å². The molecule has 0 bridgehead atoms. The van der Waals surface area contributed by atoms with E-state index >= 15 is 0 Å². The topological polar surface area (TPSA) is 109 Å². The Morgan fingerprint density at radius 1 is 1.03 bits per heavy atom. The number of benzene rings is 3. The van der Waals surface area contributed by atoms with Gasteiger partial charge in [-0.2, -0.15) is 5.26 Å². The summed E-state index contributed by atoms with van der Waals surface area (Å²) in [7, 11) is 0. The summed E-state index contributed by atoms with van der Waals surface area (Å²) in [6, 6.07) is 21.4. The maximum Gasteiger partial charge on any atom is 0.238 e. The summed E-state index contributed by atoms with van der Waals surface area (Å²) >= 11 is 6.36. The number of nitrogens with zero attached hydrogens (tertiary/aromatic N) is 3. The van der Waals surface area contributed by atoms with Crippen molar-refractivity contribution in [2.24, 2.45) is 0 Å². The molecule has 4 rings (SSSR count). The van der Waals surface area contributed by atoms with Gasteiger partial charge in [-0.05, 0) is 48.0 Å². The highest BCUT2D eigenvalue weighted by molar-refractivity contribution is 6.32. The van der Waals surface area contributed by atoms with Gasteiger partial charge in [-0.25, -0.2) is 14.4 Å². The van der Waals surface area contributed by atoms with E-state index in [-0.39, 0.29) is 24.7 Å². The highest BCUT2D eigenvalue weighted by Crippen LogP contribution is 2.30. The minimum Gasteiger partial charge on any atom is -0.487 e. The molecule has 0 fully saturated rings. The van der Waals surface area contributed by atoms with Crippen molar-refractivity contribution < 1.29 is 18.7 Å². The first-order valence-electron chi connectivity index (χ1n) is 10.7. The second-order valence-electron chi connectivity index (χ2n) is 7.44. The number of halogens is 2. The van der Waals surface area contributed by atoms with E-state index in [2.05, 4.69) is 20.6 Å². The molecule has 0 aliphatic carbocycles. The van der Waals surface area contributed by atoms with Gasteiger partial charge in [-0.15, -0.1) is 0 Å². The molecule has 1 aromatic heterocycles. The van der Waals surface area contributed by atoms with Crippen LogP contribution in [0.5, 0.6) is 17.4 Å². The lowest BCUT2D eigenvalue weighted by atomic mass is 10.2. The Morgan fingerprint density at radius 3 is 2.69 bits per heavy atom. The Kier molecular flexibility index (Phi) is 7.90. The van der Waals surface area contributed by atoms with E-state index in [9.17, 15) is 9.18 Å². The standard InChI is InChI=1S/C26H19ClFN5O3/c27-22-13-20(7-8-23(22)35-15-17-3-1-4-18(28)11-17)32-24-14-26(31-16-30-24)36-21-6-2-5-19(12-21)33-25(34)9-10-29/h1-8,11-14,16H,9,15H2,(H,33,34)(H,30,31,32). The van der Waals surface area contributed by atoms with Crippen molar-refractivity contribution in [3.8, 4) is 23.4 Å². The van der Waals surface area contributed by atoms with Crippen LogP contribution in [-0.4, -0.2) is 15.9 Å². The van der Waals surface area contributed by atoms with Gasteiger partial charge in [0.2, 0.25) is 11.8 Å². The normalized spacial score (nSPS) is 10.2. The van der Waals surface area contributed by atoms with Crippen molar-refractivity contribution in [3.63, 3.8) is 0 Å². The third-order valence-electron chi connectivity index (χ3n) is 4.71. The molecule has 8 nitrogen and oxygen atoms in total. The average Bonchev–Trinajstić information content (AvgIpc) is 2.84. The van der Waals surface area contributed by atoms with E-state index in [4.69, 9.17) is 26.3 Å². The van der Waals surface area contributed by atoms with Gasteiger partial charge in [-0.1, -0.05) is 29.8 Å². The molecule has 0 aliphatic rings. The number of rotatable bonds is 9. The van der Waals surface area contributed by atoms with Crippen LogP contribution in [0.25, 0.3) is 0 Å². The van der Waals surface area contributed by atoms with Crippen LogP contribution in [0.3, 0.4) is 0 Å². The molecule has 0 spiro atoms. The van der Waals surface area contributed by atoms with Gasteiger partial charge in [0, 0.05) is 23.5 Å². The van der Waals surface area contributed by atoms with E-state index in [1.165, 1.54) is 18.5 Å². The number of hydrogen-bond donors (Lipinski definition) is 2. The number of anilines is 3. The number of nitrogens with one attached hydrogen (secondary N) is 2. The van der Waals surface area contributed by atoms with Gasteiger partial charge in [0.05, 0.1) is 11.1 Å². The number of ether oxygens (including phenoxy) is 2. The third-order valence-corrected chi connectivity index (χ3v) is 5.00. The minimum atomic E-state index is -0.410. The predicted octanol–water partition coefficient (Wildman–Crippen LogP) is 6.24. The summed E-state index contributed by atoms with van der Waals surface area (Å²) in [6.07, 6.45) is 1.10. The SMILES string of the molecule is N#CCC(=O)Nc1cccc(Oc2cc(Nc3ccc(OCc4cccc(F)c4)c(Cl)c3)ncn2)c1. The van der Waals surface area contributed by atoms with Crippen LogP contribution in [0.1, 0.15) is 12.0 Å². The fourth-order valence-corrected chi connectivity index (χ4v) is 3.37. The number of hydrogen-bond acceptors (Lipinski definition) is 7. The second kappa shape index (κ2) is 11.6. The highest BCUT2D eigenvalue weighted by Gasteiger charge is 2.08. The van der Waals surface area contributed by atoms with Crippen molar-refractivity contribution >= 4 is 34.7 Å². The third kappa shape index (κ3) is 6.91. The summed E-state index contributed by atoms with van der Waals surface area (Å²) in [5, 5.41) is 14.7. The Morgan fingerprint density at radius 2 is 1.89 bits per heavy atom. The summed E-state index contributed by atoms with van der Waals surface area (Å²) < 4.78 is 24.8. The first-order chi connectivity index (χ1) is 17.5.